The van der Waals surface area contributed by atoms with E-state index >= 15 is 0 Å². The maximum absolute atomic E-state index is 13.6. The molecule has 0 atom stereocenters. The molecule has 1 saturated heterocycles. The van der Waals surface area contributed by atoms with Crippen LogP contribution >= 0.6 is 0 Å². The van der Waals surface area contributed by atoms with E-state index in [1.807, 2.05) is 20.9 Å². The minimum atomic E-state index is -4.61. The lowest BCUT2D eigenvalue weighted by Gasteiger charge is -2.19. The van der Waals surface area contributed by atoms with Gasteiger partial charge in [0, 0.05) is 48.4 Å². The van der Waals surface area contributed by atoms with E-state index in [1.165, 1.54) is 11.1 Å². The van der Waals surface area contributed by atoms with Gasteiger partial charge in [-0.3, -0.25) is 19.4 Å². The third-order valence-electron chi connectivity index (χ3n) is 7.10. The molecule has 5 N–H and O–H groups in total. The van der Waals surface area contributed by atoms with Crippen LogP contribution in [0.1, 0.15) is 52.5 Å². The summed E-state index contributed by atoms with van der Waals surface area (Å²) in [5.74, 6) is 5.75. The van der Waals surface area contributed by atoms with Gasteiger partial charge in [0.05, 0.1) is 23.1 Å². The molecular weight excluding hydrogens is 535 g/mol. The molecule has 0 saturated carbocycles. The molecule has 0 bridgehead atoms. The average molecular weight is 572 g/mol. The first kappa shape index (κ1) is 29.9. The number of halogens is 3. The zero-order chi connectivity index (χ0) is 29.7. The molecule has 1 amide bonds. The van der Waals surface area contributed by atoms with Crippen molar-refractivity contribution in [2.75, 3.05) is 36.6 Å². The van der Waals surface area contributed by atoms with Crippen LogP contribution in [0.2, 0.25) is 0 Å². The lowest BCUT2D eigenvalue weighted by molar-refractivity contribution is -0.137. The summed E-state index contributed by atoms with van der Waals surface area (Å²) in [7, 11) is 1.83. The number of aryl methyl sites for hydroxylation is 2. The number of nitrogens with two attached hydrogens (primary N) is 2. The van der Waals surface area contributed by atoms with Gasteiger partial charge in [-0.05, 0) is 69.1 Å². The number of rotatable bonds is 10. The Morgan fingerprint density at radius 3 is 2.61 bits per heavy atom. The van der Waals surface area contributed by atoms with Gasteiger partial charge in [-0.2, -0.15) is 18.3 Å². The summed E-state index contributed by atoms with van der Waals surface area (Å²) in [6.07, 6.45) is 1.53. The van der Waals surface area contributed by atoms with Crippen LogP contribution in [-0.4, -0.2) is 46.8 Å². The molecule has 3 aromatic rings. The lowest BCUT2D eigenvalue weighted by atomic mass is 10.1. The van der Waals surface area contributed by atoms with Crippen LogP contribution in [0.3, 0.4) is 0 Å². The number of ether oxygens (including phenoxy) is 1. The predicted molar refractivity (Wildman–Crippen MR) is 153 cm³/mol. The zero-order valence-electron chi connectivity index (χ0n) is 23.5. The highest BCUT2D eigenvalue weighted by Gasteiger charge is 2.32. The van der Waals surface area contributed by atoms with E-state index in [9.17, 15) is 18.0 Å². The first-order valence-corrected chi connectivity index (χ1v) is 13.5. The Kier molecular flexibility index (Phi) is 9.24. The summed E-state index contributed by atoms with van der Waals surface area (Å²) in [6.45, 7) is 6.60. The third-order valence-corrected chi connectivity index (χ3v) is 7.10. The number of aromatic nitrogens is 2. The molecule has 9 nitrogen and oxygen atoms in total. The number of hydrogen-bond acceptors (Lipinski definition) is 7. The van der Waals surface area contributed by atoms with Gasteiger partial charge in [0.1, 0.15) is 12.4 Å². The van der Waals surface area contributed by atoms with Gasteiger partial charge in [0.2, 0.25) is 0 Å². The molecule has 1 aliphatic rings. The first-order valence-electron chi connectivity index (χ1n) is 13.5. The first-order chi connectivity index (χ1) is 19.5. The minimum absolute atomic E-state index is 0.0273. The normalized spacial score (nSPS) is 14.4. The summed E-state index contributed by atoms with van der Waals surface area (Å²) in [5, 5.41) is 8.13. The van der Waals surface area contributed by atoms with Crippen molar-refractivity contribution in [3.8, 4) is 5.75 Å². The largest absolute Gasteiger partial charge is 0.492 e. The number of amides is 1. The molecule has 1 aromatic heterocycles. The molecule has 1 fully saturated rings. The van der Waals surface area contributed by atoms with Crippen LogP contribution in [0.25, 0.3) is 5.70 Å². The SMILES string of the molecule is CCc1c(/C(N)=C/N(N)c2cc(C(=O)Nc3cc(OCCN4CCCC4)cc(C(F)(F)F)c3)ccc2C)cnn1C. The molecule has 2 heterocycles. The topological polar surface area (TPSA) is 115 Å². The number of nitrogens with zero attached hydrogens (tertiary/aromatic N) is 4. The molecule has 4 rings (SSSR count). The maximum Gasteiger partial charge on any atom is 0.416 e. The summed E-state index contributed by atoms with van der Waals surface area (Å²) in [5.41, 5.74) is 8.93. The van der Waals surface area contributed by atoms with Crippen molar-refractivity contribution < 1.29 is 22.7 Å². The lowest BCUT2D eigenvalue weighted by Crippen LogP contribution is -2.27. The van der Waals surface area contributed by atoms with E-state index < -0.39 is 17.6 Å². The van der Waals surface area contributed by atoms with Crippen LogP contribution in [0.15, 0.2) is 48.8 Å². The summed E-state index contributed by atoms with van der Waals surface area (Å²) < 4.78 is 48.3. The molecule has 0 aliphatic carbocycles. The number of carbonyl (C=O) groups excluding carboxylic acids is 1. The fraction of sp³-hybridized carbons (Fsp3) is 0.379. The standard InChI is InChI=1S/C29H36F3N7O2/c1-4-26-24(17-35-37(26)3)25(33)18-39(34)27-13-20(8-7-19(27)2)28(40)36-22-14-21(29(30,31)32)15-23(16-22)41-12-11-38-9-5-6-10-38/h7-8,13-18H,4-6,9-12,33-34H2,1-3H3,(H,36,40)/b25-18-. The summed E-state index contributed by atoms with van der Waals surface area (Å²) in [6, 6.07) is 8.06. The Morgan fingerprint density at radius 2 is 1.93 bits per heavy atom. The molecule has 0 spiro atoms. The number of carbonyl (C=O) groups is 1. The van der Waals surface area contributed by atoms with Crippen LogP contribution in [0.5, 0.6) is 5.75 Å². The van der Waals surface area contributed by atoms with Crippen molar-refractivity contribution in [2.24, 2.45) is 18.6 Å². The Bertz CT molecular complexity index is 1410. The van der Waals surface area contributed by atoms with E-state index in [4.69, 9.17) is 16.3 Å². The van der Waals surface area contributed by atoms with Crippen LogP contribution in [0.4, 0.5) is 24.5 Å². The third kappa shape index (κ3) is 7.39. The average Bonchev–Trinajstić information content (AvgIpc) is 3.57. The van der Waals surface area contributed by atoms with Gasteiger partial charge in [-0.1, -0.05) is 13.0 Å². The van der Waals surface area contributed by atoms with Gasteiger partial charge in [0.15, 0.2) is 0 Å². The second-order valence-corrected chi connectivity index (χ2v) is 10.1. The highest BCUT2D eigenvalue weighted by molar-refractivity contribution is 6.05. The highest BCUT2D eigenvalue weighted by atomic mass is 19.4. The van der Waals surface area contributed by atoms with Crippen molar-refractivity contribution in [3.05, 3.63) is 76.7 Å². The molecule has 41 heavy (non-hydrogen) atoms. The second-order valence-electron chi connectivity index (χ2n) is 10.1. The fourth-order valence-electron chi connectivity index (χ4n) is 4.86. The molecule has 2 aromatic carbocycles. The van der Waals surface area contributed by atoms with Gasteiger partial charge in [0.25, 0.3) is 5.91 Å². The number of nitrogens with one attached hydrogen (secondary N) is 1. The number of alkyl halides is 3. The van der Waals surface area contributed by atoms with Crippen molar-refractivity contribution in [1.29, 1.82) is 0 Å². The number of anilines is 2. The molecular formula is C29H36F3N7O2. The number of hydrazine groups is 1. The Hall–Kier alpha value is -4.03. The molecule has 0 radical (unpaired) electrons. The van der Waals surface area contributed by atoms with Crippen molar-refractivity contribution >= 4 is 23.0 Å². The van der Waals surface area contributed by atoms with Gasteiger partial charge in [-0.25, -0.2) is 5.84 Å². The van der Waals surface area contributed by atoms with E-state index in [2.05, 4.69) is 15.3 Å². The fourth-order valence-corrected chi connectivity index (χ4v) is 4.86. The number of likely N-dealkylation sites (tertiary alicyclic amines) is 1. The summed E-state index contributed by atoms with van der Waals surface area (Å²) in [4.78, 5) is 15.3. The van der Waals surface area contributed by atoms with Crippen molar-refractivity contribution in [1.82, 2.24) is 14.7 Å². The molecule has 1 aliphatic heterocycles. The van der Waals surface area contributed by atoms with Crippen LogP contribution in [0, 0.1) is 6.92 Å². The quantitative estimate of drug-likeness (QED) is 0.239. The zero-order valence-corrected chi connectivity index (χ0v) is 23.5. The van der Waals surface area contributed by atoms with Crippen LogP contribution in [-0.2, 0) is 19.6 Å². The smallest absolute Gasteiger partial charge is 0.416 e. The van der Waals surface area contributed by atoms with Gasteiger partial charge < -0.3 is 15.8 Å². The van der Waals surface area contributed by atoms with Crippen LogP contribution < -0.4 is 26.6 Å². The monoisotopic (exact) mass is 571 g/mol. The number of hydrogen-bond donors (Lipinski definition) is 3. The second kappa shape index (κ2) is 12.6. The predicted octanol–water partition coefficient (Wildman–Crippen LogP) is 4.67. The highest BCUT2D eigenvalue weighted by Crippen LogP contribution is 2.34. The minimum Gasteiger partial charge on any atom is -0.492 e. The molecule has 0 unspecified atom stereocenters. The summed E-state index contributed by atoms with van der Waals surface area (Å²) >= 11 is 0. The van der Waals surface area contributed by atoms with E-state index in [0.717, 1.165) is 61.3 Å². The maximum atomic E-state index is 13.6. The van der Waals surface area contributed by atoms with Gasteiger partial charge in [-0.15, -0.1) is 0 Å². The van der Waals surface area contributed by atoms with E-state index in [0.29, 0.717) is 17.9 Å². The van der Waals surface area contributed by atoms with Crippen molar-refractivity contribution in [3.63, 3.8) is 0 Å². The van der Waals surface area contributed by atoms with E-state index in [-0.39, 0.29) is 23.6 Å². The van der Waals surface area contributed by atoms with Gasteiger partial charge >= 0.3 is 6.18 Å². The Balaban J connectivity index is 1.53. The molecule has 220 valence electrons. The Morgan fingerprint density at radius 1 is 1.20 bits per heavy atom. The van der Waals surface area contributed by atoms with E-state index in [1.54, 1.807) is 35.3 Å². The molecule has 12 heteroatoms. The number of benzene rings is 2. The van der Waals surface area contributed by atoms with Crippen molar-refractivity contribution in [2.45, 2.75) is 39.3 Å². The Labute approximate surface area is 237 Å².